The lowest BCUT2D eigenvalue weighted by Gasteiger charge is -2.37. The number of carbonyl (C=O) groups excluding carboxylic acids is 2. The number of piperidine rings is 1. The molecule has 6 nitrogen and oxygen atoms in total. The van der Waals surface area contributed by atoms with Gasteiger partial charge in [0.1, 0.15) is 0 Å². The van der Waals surface area contributed by atoms with Gasteiger partial charge < -0.3 is 19.7 Å². The molecule has 2 unspecified atom stereocenters. The maximum absolute atomic E-state index is 12.7. The van der Waals surface area contributed by atoms with Crippen LogP contribution >= 0.6 is 0 Å². The number of hydrogen-bond donors (Lipinski definition) is 1. The molecule has 0 radical (unpaired) electrons. The Morgan fingerprint density at radius 3 is 2.27 bits per heavy atom. The first-order valence-corrected chi connectivity index (χ1v) is 9.42. The summed E-state index contributed by atoms with van der Waals surface area (Å²) in [6, 6.07) is 5.98. The van der Waals surface area contributed by atoms with Gasteiger partial charge in [0.15, 0.2) is 5.79 Å². The summed E-state index contributed by atoms with van der Waals surface area (Å²) in [6.07, 6.45) is 2.07. The summed E-state index contributed by atoms with van der Waals surface area (Å²) in [4.78, 5) is 27.0. The number of amides is 2. The molecule has 1 N–H and O–H groups in total. The van der Waals surface area contributed by atoms with Crippen LogP contribution in [0, 0.1) is 25.7 Å². The minimum Gasteiger partial charge on any atom is -0.347 e. The van der Waals surface area contributed by atoms with Crippen LogP contribution in [-0.4, -0.2) is 48.8 Å². The van der Waals surface area contributed by atoms with Crippen LogP contribution in [-0.2, 0) is 19.1 Å². The highest BCUT2D eigenvalue weighted by atomic mass is 16.7. The van der Waals surface area contributed by atoms with Crippen molar-refractivity contribution in [3.8, 4) is 0 Å². The van der Waals surface area contributed by atoms with Crippen molar-refractivity contribution in [3.63, 3.8) is 0 Å². The number of likely N-dealkylation sites (tertiary alicyclic amines) is 1. The number of carbonyl (C=O) groups is 2. The van der Waals surface area contributed by atoms with Crippen molar-refractivity contribution in [1.82, 2.24) is 4.90 Å². The third-order valence-corrected chi connectivity index (χ3v) is 5.58. The van der Waals surface area contributed by atoms with E-state index < -0.39 is 5.79 Å². The molecule has 1 aromatic carbocycles. The molecule has 1 aromatic rings. The van der Waals surface area contributed by atoms with E-state index in [4.69, 9.17) is 9.47 Å². The standard InChI is InChI=1S/C20H26N2O4/c1-13-9-14(2)11-15(10-13)21-18(23)16-12-17(16)19(24)22-5-3-20(4-6-22)25-7-8-26-20/h9-11,16-17H,3-8,12H2,1-2H3,(H,21,23). The first-order chi connectivity index (χ1) is 12.5. The SMILES string of the molecule is Cc1cc(C)cc(NC(=O)C2CC2C(=O)N2CCC3(CC2)OCCO3)c1. The molecule has 4 rings (SSSR count). The fourth-order valence-electron chi connectivity index (χ4n) is 4.13. The Labute approximate surface area is 153 Å². The van der Waals surface area contributed by atoms with E-state index in [-0.39, 0.29) is 23.7 Å². The molecule has 2 heterocycles. The van der Waals surface area contributed by atoms with E-state index in [0.717, 1.165) is 16.8 Å². The number of ether oxygens (including phenoxy) is 2. The van der Waals surface area contributed by atoms with Gasteiger partial charge >= 0.3 is 0 Å². The van der Waals surface area contributed by atoms with Gasteiger partial charge in [-0.1, -0.05) is 6.07 Å². The molecule has 2 amide bonds. The highest BCUT2D eigenvalue weighted by Gasteiger charge is 2.51. The molecule has 26 heavy (non-hydrogen) atoms. The Balaban J connectivity index is 1.30. The Hall–Kier alpha value is -1.92. The van der Waals surface area contributed by atoms with Gasteiger partial charge in [0.2, 0.25) is 11.8 Å². The maximum atomic E-state index is 12.7. The largest absolute Gasteiger partial charge is 0.347 e. The van der Waals surface area contributed by atoms with Gasteiger partial charge in [-0.15, -0.1) is 0 Å². The van der Waals surface area contributed by atoms with Crippen molar-refractivity contribution in [2.75, 3.05) is 31.6 Å². The maximum Gasteiger partial charge on any atom is 0.228 e. The zero-order valence-corrected chi connectivity index (χ0v) is 15.4. The molecule has 2 saturated heterocycles. The lowest BCUT2D eigenvalue weighted by atomic mass is 10.0. The van der Waals surface area contributed by atoms with Crippen LogP contribution in [0.2, 0.25) is 0 Å². The topological polar surface area (TPSA) is 67.9 Å². The van der Waals surface area contributed by atoms with Crippen LogP contribution in [0.5, 0.6) is 0 Å². The van der Waals surface area contributed by atoms with E-state index in [1.807, 2.05) is 30.9 Å². The zero-order valence-electron chi connectivity index (χ0n) is 15.4. The number of nitrogens with one attached hydrogen (secondary N) is 1. The van der Waals surface area contributed by atoms with Crippen LogP contribution < -0.4 is 5.32 Å². The summed E-state index contributed by atoms with van der Waals surface area (Å²) < 4.78 is 11.4. The number of anilines is 1. The molecular weight excluding hydrogens is 332 g/mol. The second-order valence-electron chi connectivity index (χ2n) is 7.75. The van der Waals surface area contributed by atoms with Gasteiger partial charge in [0, 0.05) is 31.6 Å². The third-order valence-electron chi connectivity index (χ3n) is 5.58. The number of aryl methyl sites for hydroxylation is 2. The Morgan fingerprint density at radius 2 is 1.65 bits per heavy atom. The zero-order chi connectivity index (χ0) is 18.3. The Kier molecular flexibility index (Phi) is 4.49. The lowest BCUT2D eigenvalue weighted by molar-refractivity contribution is -0.187. The third kappa shape index (κ3) is 3.48. The highest BCUT2D eigenvalue weighted by Crippen LogP contribution is 2.42. The van der Waals surface area contributed by atoms with E-state index in [9.17, 15) is 9.59 Å². The van der Waals surface area contributed by atoms with Crippen LogP contribution in [0.25, 0.3) is 0 Å². The number of rotatable bonds is 3. The van der Waals surface area contributed by atoms with E-state index in [1.165, 1.54) is 0 Å². The van der Waals surface area contributed by atoms with Crippen molar-refractivity contribution in [3.05, 3.63) is 29.3 Å². The molecule has 3 fully saturated rings. The van der Waals surface area contributed by atoms with Crippen molar-refractivity contribution in [2.45, 2.75) is 38.9 Å². The van der Waals surface area contributed by atoms with Gasteiger partial charge in [-0.2, -0.15) is 0 Å². The van der Waals surface area contributed by atoms with Crippen LogP contribution in [0.3, 0.4) is 0 Å². The second kappa shape index (κ2) is 6.67. The summed E-state index contributed by atoms with van der Waals surface area (Å²) in [5.74, 6) is -0.818. The fraction of sp³-hybridized carbons (Fsp3) is 0.600. The Morgan fingerprint density at radius 1 is 1.04 bits per heavy atom. The number of hydrogen-bond acceptors (Lipinski definition) is 4. The molecule has 1 spiro atoms. The van der Waals surface area contributed by atoms with Crippen molar-refractivity contribution in [1.29, 1.82) is 0 Å². The number of benzene rings is 1. The normalized spacial score (nSPS) is 26.8. The average Bonchev–Trinajstić information content (AvgIpc) is 3.28. The Bertz CT molecular complexity index is 696. The first kappa shape index (κ1) is 17.5. The van der Waals surface area contributed by atoms with Crippen molar-refractivity contribution < 1.29 is 19.1 Å². The molecule has 6 heteroatoms. The van der Waals surface area contributed by atoms with Gasteiger partial charge in [0.25, 0.3) is 0 Å². The van der Waals surface area contributed by atoms with Crippen LogP contribution in [0.4, 0.5) is 5.69 Å². The predicted octanol–water partition coefficient (Wildman–Crippen LogP) is 2.24. The molecule has 0 bridgehead atoms. The molecule has 2 aliphatic heterocycles. The van der Waals surface area contributed by atoms with Crippen LogP contribution in [0.1, 0.15) is 30.4 Å². The predicted molar refractivity (Wildman–Crippen MR) is 96.6 cm³/mol. The van der Waals surface area contributed by atoms with Crippen molar-refractivity contribution in [2.24, 2.45) is 11.8 Å². The van der Waals surface area contributed by atoms with E-state index in [2.05, 4.69) is 11.4 Å². The highest BCUT2D eigenvalue weighted by molar-refractivity contribution is 5.99. The number of nitrogens with zero attached hydrogens (tertiary/aromatic N) is 1. The summed E-state index contributed by atoms with van der Waals surface area (Å²) in [5, 5.41) is 2.96. The van der Waals surface area contributed by atoms with E-state index in [1.54, 1.807) is 0 Å². The summed E-state index contributed by atoms with van der Waals surface area (Å²) in [6.45, 7) is 6.57. The van der Waals surface area contributed by atoms with E-state index >= 15 is 0 Å². The smallest absolute Gasteiger partial charge is 0.228 e. The summed E-state index contributed by atoms with van der Waals surface area (Å²) >= 11 is 0. The lowest BCUT2D eigenvalue weighted by Crippen LogP contribution is -2.48. The molecule has 3 aliphatic rings. The molecule has 1 saturated carbocycles. The monoisotopic (exact) mass is 358 g/mol. The van der Waals surface area contributed by atoms with E-state index in [0.29, 0.717) is 45.6 Å². The first-order valence-electron chi connectivity index (χ1n) is 9.42. The van der Waals surface area contributed by atoms with Gasteiger partial charge in [0.05, 0.1) is 25.0 Å². The summed E-state index contributed by atoms with van der Waals surface area (Å²) in [7, 11) is 0. The van der Waals surface area contributed by atoms with Gasteiger partial charge in [-0.25, -0.2) is 0 Å². The average molecular weight is 358 g/mol. The van der Waals surface area contributed by atoms with Crippen LogP contribution in [0.15, 0.2) is 18.2 Å². The summed E-state index contributed by atoms with van der Waals surface area (Å²) in [5.41, 5.74) is 3.03. The van der Waals surface area contributed by atoms with Gasteiger partial charge in [-0.05, 0) is 43.5 Å². The molecule has 0 aromatic heterocycles. The molecule has 140 valence electrons. The minimum atomic E-state index is -0.472. The molecule has 1 aliphatic carbocycles. The fourth-order valence-corrected chi connectivity index (χ4v) is 4.13. The molecular formula is C20H26N2O4. The molecule has 2 atom stereocenters. The quantitative estimate of drug-likeness (QED) is 0.900. The second-order valence-corrected chi connectivity index (χ2v) is 7.75. The van der Waals surface area contributed by atoms with Crippen molar-refractivity contribution >= 4 is 17.5 Å². The minimum absolute atomic E-state index is 0.0516. The van der Waals surface area contributed by atoms with Gasteiger partial charge in [-0.3, -0.25) is 9.59 Å².